The van der Waals surface area contributed by atoms with Crippen molar-refractivity contribution in [3.63, 3.8) is 0 Å². The number of ether oxygens (including phenoxy) is 2. The van der Waals surface area contributed by atoms with Crippen molar-refractivity contribution in [2.45, 2.75) is 42.5 Å². The van der Waals surface area contributed by atoms with E-state index in [9.17, 15) is 36.0 Å². The summed E-state index contributed by atoms with van der Waals surface area (Å²) in [6, 6.07) is 23.5. The maximum atomic E-state index is 14.1. The van der Waals surface area contributed by atoms with E-state index in [-0.39, 0.29) is 31.0 Å². The number of halogens is 3. The molecule has 0 unspecified atom stereocenters. The van der Waals surface area contributed by atoms with Crippen LogP contribution in [0.15, 0.2) is 89.8 Å². The van der Waals surface area contributed by atoms with Crippen LogP contribution in [0.2, 0.25) is 0 Å². The van der Waals surface area contributed by atoms with E-state index >= 15 is 0 Å². The highest BCUT2D eigenvalue weighted by molar-refractivity contribution is 7.89. The molecule has 12 nitrogen and oxygen atoms in total. The molecule has 0 bridgehead atoms. The molecule has 2 aliphatic rings. The third-order valence-electron chi connectivity index (χ3n) is 8.60. The van der Waals surface area contributed by atoms with Gasteiger partial charge in [-0.05, 0) is 35.4 Å². The van der Waals surface area contributed by atoms with Crippen LogP contribution in [0, 0.1) is 11.8 Å². The minimum Gasteiger partial charge on any atom is -0.497 e. The lowest BCUT2D eigenvalue weighted by Crippen LogP contribution is -2.59. The summed E-state index contributed by atoms with van der Waals surface area (Å²) in [5.74, 6) is -5.95. The lowest BCUT2D eigenvalue weighted by molar-refractivity contribution is -0.192. The van der Waals surface area contributed by atoms with Gasteiger partial charge in [0.25, 0.3) is 0 Å². The summed E-state index contributed by atoms with van der Waals surface area (Å²) in [6.07, 6.45) is -5.01. The number of fused-ring (bicyclic) bond motifs is 1. The fraction of sp³-hybridized carbons (Fsp3) is 0.353. The van der Waals surface area contributed by atoms with E-state index in [1.165, 1.54) is 35.6 Å². The molecule has 16 heteroatoms. The molecule has 0 saturated carbocycles. The summed E-state index contributed by atoms with van der Waals surface area (Å²) in [6.45, 7) is 1.71. The van der Waals surface area contributed by atoms with Crippen molar-refractivity contribution in [3.05, 3.63) is 96.1 Å². The molecule has 268 valence electrons. The van der Waals surface area contributed by atoms with Gasteiger partial charge in [-0.25, -0.2) is 13.2 Å². The van der Waals surface area contributed by atoms with Crippen LogP contribution in [0.3, 0.4) is 0 Å². The number of alkyl halides is 3. The molecule has 50 heavy (non-hydrogen) atoms. The van der Waals surface area contributed by atoms with Gasteiger partial charge in [0, 0.05) is 25.6 Å². The van der Waals surface area contributed by atoms with E-state index in [1.54, 1.807) is 19.1 Å². The van der Waals surface area contributed by atoms with Crippen molar-refractivity contribution in [2.75, 3.05) is 27.3 Å². The van der Waals surface area contributed by atoms with Gasteiger partial charge in [-0.2, -0.15) is 17.5 Å². The van der Waals surface area contributed by atoms with Crippen molar-refractivity contribution in [3.8, 4) is 5.75 Å². The van der Waals surface area contributed by atoms with Gasteiger partial charge in [-0.3, -0.25) is 24.6 Å². The molecule has 0 aliphatic carbocycles. The summed E-state index contributed by atoms with van der Waals surface area (Å²) in [7, 11) is -1.26. The van der Waals surface area contributed by atoms with Gasteiger partial charge in [-0.15, -0.1) is 0 Å². The average molecular weight is 720 g/mol. The number of likely N-dealkylation sites (tertiary alicyclic amines) is 1. The summed E-state index contributed by atoms with van der Waals surface area (Å²) in [4.78, 5) is 52.0. The van der Waals surface area contributed by atoms with Crippen LogP contribution in [0.5, 0.6) is 5.75 Å². The topological polar surface area (TPSA) is 160 Å². The maximum absolute atomic E-state index is 14.1. The highest BCUT2D eigenvalue weighted by Gasteiger charge is 2.68. The number of nitrogens with one attached hydrogen (secondary N) is 1. The minimum atomic E-state index is -5.08. The van der Waals surface area contributed by atoms with Gasteiger partial charge >= 0.3 is 18.1 Å². The van der Waals surface area contributed by atoms with E-state index in [0.717, 1.165) is 11.1 Å². The number of methoxy groups -OCH3 is 2. The second-order valence-electron chi connectivity index (χ2n) is 11.6. The summed E-state index contributed by atoms with van der Waals surface area (Å²) < 4.78 is 70.9. The molecule has 0 radical (unpaired) electrons. The predicted octanol–water partition coefficient (Wildman–Crippen LogP) is 3.27. The van der Waals surface area contributed by atoms with E-state index in [1.807, 2.05) is 60.7 Å². The number of hydrogen-bond acceptors (Lipinski definition) is 9. The number of sulfonamides is 1. The Morgan fingerprint density at radius 2 is 1.46 bits per heavy atom. The molecule has 2 amide bonds. The molecule has 5 rings (SSSR count). The Morgan fingerprint density at radius 3 is 1.94 bits per heavy atom. The van der Waals surface area contributed by atoms with Crippen LogP contribution in [0.25, 0.3) is 0 Å². The number of carbonyl (C=O) groups is 4. The fourth-order valence-electron chi connectivity index (χ4n) is 6.30. The van der Waals surface area contributed by atoms with Gasteiger partial charge in [0.1, 0.15) is 11.3 Å². The molecule has 3 aromatic carbocycles. The molecule has 3 aromatic rings. The third kappa shape index (κ3) is 7.82. The molecule has 2 aliphatic heterocycles. The van der Waals surface area contributed by atoms with Gasteiger partial charge in [0.05, 0.1) is 37.5 Å². The highest BCUT2D eigenvalue weighted by Crippen LogP contribution is 2.46. The van der Waals surface area contributed by atoms with Crippen LogP contribution >= 0.6 is 0 Å². The molecular weight excluding hydrogens is 683 g/mol. The molecule has 0 spiro atoms. The number of rotatable bonds is 11. The van der Waals surface area contributed by atoms with Crippen LogP contribution < -0.4 is 10.1 Å². The lowest BCUT2D eigenvalue weighted by Gasteiger charge is -2.33. The van der Waals surface area contributed by atoms with Crippen LogP contribution in [-0.2, 0) is 46.9 Å². The molecule has 2 fully saturated rings. The fourth-order valence-corrected chi connectivity index (χ4v) is 7.77. The predicted molar refractivity (Wildman–Crippen MR) is 172 cm³/mol. The molecular formula is C34H36F3N3O9S. The third-order valence-corrected chi connectivity index (χ3v) is 10.6. The van der Waals surface area contributed by atoms with Crippen molar-refractivity contribution in [1.82, 2.24) is 14.5 Å². The summed E-state index contributed by atoms with van der Waals surface area (Å²) in [5, 5.41) is 10.4. The first-order valence-corrected chi connectivity index (χ1v) is 16.8. The van der Waals surface area contributed by atoms with Crippen LogP contribution in [0.4, 0.5) is 13.2 Å². The van der Waals surface area contributed by atoms with Gasteiger partial charge in [-0.1, -0.05) is 67.6 Å². The monoisotopic (exact) mass is 719 g/mol. The first-order valence-electron chi connectivity index (χ1n) is 15.3. The van der Waals surface area contributed by atoms with Crippen molar-refractivity contribution in [2.24, 2.45) is 11.8 Å². The standard InChI is InChI=1S/C32H35N3O7S.C2HF3O2/c1-4-34(43(39,40)25-17-15-24(41-2)16-18-25)21-26-27-28(30(37)35(29(27)36)20-23-13-9-6-10-14-23)32(33-26,31(38)42-3)19-22-11-7-5-8-12-22;3-2(4,5)1(6)7/h5-18,26-28,33H,4,19-21H2,1-3H3;(H,6,7)/t26-,27+,28-,32-;/m1./s1. The number of aliphatic carboxylic acids is 1. The molecule has 4 atom stereocenters. The Bertz CT molecular complexity index is 1790. The Labute approximate surface area is 286 Å². The highest BCUT2D eigenvalue weighted by atomic mass is 32.2. The second-order valence-corrected chi connectivity index (χ2v) is 13.5. The van der Waals surface area contributed by atoms with Gasteiger partial charge < -0.3 is 14.6 Å². The van der Waals surface area contributed by atoms with Crippen LogP contribution in [-0.4, -0.2) is 91.5 Å². The normalized spacial score (nSPS) is 21.7. The van der Waals surface area contributed by atoms with Gasteiger partial charge in [0.2, 0.25) is 21.8 Å². The number of carbonyl (C=O) groups excluding carboxylic acids is 3. The zero-order valence-corrected chi connectivity index (χ0v) is 28.1. The van der Waals surface area contributed by atoms with Crippen molar-refractivity contribution >= 4 is 33.8 Å². The smallest absolute Gasteiger partial charge is 0.490 e. The van der Waals surface area contributed by atoms with Crippen molar-refractivity contribution in [1.29, 1.82) is 0 Å². The Kier molecular flexibility index (Phi) is 11.7. The largest absolute Gasteiger partial charge is 0.497 e. The number of nitrogens with zero attached hydrogens (tertiary/aromatic N) is 2. The zero-order valence-electron chi connectivity index (χ0n) is 27.3. The van der Waals surface area contributed by atoms with Gasteiger partial charge in [0.15, 0.2) is 0 Å². The number of carboxylic acid groups (broad SMARTS) is 1. The number of hydrogen-bond donors (Lipinski definition) is 2. The second kappa shape index (κ2) is 15.4. The first-order chi connectivity index (χ1) is 23.6. The maximum Gasteiger partial charge on any atom is 0.490 e. The molecule has 0 aromatic heterocycles. The molecule has 2 heterocycles. The average Bonchev–Trinajstić information content (AvgIpc) is 3.55. The lowest BCUT2D eigenvalue weighted by atomic mass is 9.76. The SMILES string of the molecule is CCN(C[C@H]1N[C@@](Cc2ccccc2)(C(=O)OC)[C@H]2C(=O)N(Cc3ccccc3)C(=O)[C@@H]12)S(=O)(=O)c1ccc(OC)cc1.O=C(O)C(F)(F)F. The molecule has 2 saturated heterocycles. The van der Waals surface area contributed by atoms with E-state index in [2.05, 4.69) is 5.32 Å². The van der Waals surface area contributed by atoms with E-state index in [4.69, 9.17) is 19.4 Å². The molecule has 2 N–H and O–H groups in total. The Morgan fingerprint density at radius 1 is 0.920 bits per heavy atom. The van der Waals surface area contributed by atoms with E-state index < -0.39 is 63.4 Å². The Hall–Kier alpha value is -4.80. The summed E-state index contributed by atoms with van der Waals surface area (Å²) in [5.41, 5.74) is -0.0650. The summed E-state index contributed by atoms with van der Waals surface area (Å²) >= 11 is 0. The van der Waals surface area contributed by atoms with E-state index in [0.29, 0.717) is 5.75 Å². The Balaban J connectivity index is 0.000000727. The van der Waals surface area contributed by atoms with Crippen LogP contribution in [0.1, 0.15) is 18.1 Å². The number of carboxylic acids is 1. The number of esters is 1. The minimum absolute atomic E-state index is 0.0441. The number of likely N-dealkylation sites (N-methyl/N-ethyl adjacent to an activating group) is 1. The zero-order chi connectivity index (χ0) is 36.9. The first kappa shape index (κ1) is 38.0. The number of amides is 2. The number of imide groups is 1. The quantitative estimate of drug-likeness (QED) is 0.223. The van der Waals surface area contributed by atoms with Crippen molar-refractivity contribution < 1.29 is 55.3 Å². The number of benzene rings is 3.